The number of hydrogen-bond donors (Lipinski definition) is 1. The SMILES string of the molecule is Br.CCCCCCCCCCCCCCOc1cc(C(=O)Nc2ccccc2CN2C=C(C)SC2)ccc1Cl. The Hall–Kier alpha value is -1.63. The first-order valence-electron chi connectivity index (χ1n) is 14.4. The van der Waals surface area contributed by atoms with E-state index in [9.17, 15) is 4.79 Å². The molecule has 7 heteroatoms. The number of unbranched alkanes of at least 4 members (excludes halogenated alkanes) is 11. The van der Waals surface area contributed by atoms with Gasteiger partial charge in [0.25, 0.3) is 5.91 Å². The average molecular weight is 638 g/mol. The lowest BCUT2D eigenvalue weighted by atomic mass is 10.1. The molecular formula is C32H46BrClN2O2S. The fraction of sp³-hybridized carbons (Fsp3) is 0.531. The summed E-state index contributed by atoms with van der Waals surface area (Å²) in [4.78, 5) is 16.6. The number of ether oxygens (including phenoxy) is 1. The van der Waals surface area contributed by atoms with Crippen LogP contribution in [0.2, 0.25) is 5.02 Å². The molecule has 0 aromatic heterocycles. The first kappa shape index (κ1) is 33.6. The van der Waals surface area contributed by atoms with Gasteiger partial charge < -0.3 is 15.0 Å². The van der Waals surface area contributed by atoms with E-state index in [2.05, 4.69) is 36.3 Å². The van der Waals surface area contributed by atoms with Crippen molar-refractivity contribution in [1.82, 2.24) is 4.90 Å². The third-order valence-electron chi connectivity index (χ3n) is 6.91. The Labute approximate surface area is 256 Å². The molecule has 1 N–H and O–H groups in total. The number of hydrogen-bond acceptors (Lipinski definition) is 4. The second-order valence-corrected chi connectivity index (χ2v) is 11.9. The van der Waals surface area contributed by atoms with Crippen molar-refractivity contribution in [3.05, 3.63) is 69.7 Å². The van der Waals surface area contributed by atoms with E-state index in [0.717, 1.165) is 36.5 Å². The van der Waals surface area contributed by atoms with Gasteiger partial charge in [0.2, 0.25) is 0 Å². The zero-order chi connectivity index (χ0) is 27.0. The molecule has 0 atom stereocenters. The molecule has 2 aromatic rings. The van der Waals surface area contributed by atoms with E-state index in [0.29, 0.717) is 22.9 Å². The molecule has 0 spiro atoms. The fourth-order valence-corrected chi connectivity index (χ4v) is 5.61. The average Bonchev–Trinajstić information content (AvgIpc) is 3.33. The molecular weight excluding hydrogens is 592 g/mol. The number of thioether (sulfide) groups is 1. The van der Waals surface area contributed by atoms with E-state index in [1.165, 1.54) is 69.1 Å². The van der Waals surface area contributed by atoms with Crippen molar-refractivity contribution >= 4 is 51.9 Å². The van der Waals surface area contributed by atoms with Gasteiger partial charge in [-0.1, -0.05) is 107 Å². The molecule has 0 saturated carbocycles. The molecule has 1 amide bonds. The van der Waals surface area contributed by atoms with Gasteiger partial charge in [-0.2, -0.15) is 0 Å². The molecule has 3 rings (SSSR count). The number of para-hydroxylation sites is 1. The van der Waals surface area contributed by atoms with E-state index < -0.39 is 0 Å². The van der Waals surface area contributed by atoms with Crippen LogP contribution in [-0.4, -0.2) is 23.3 Å². The summed E-state index contributed by atoms with van der Waals surface area (Å²) in [5.41, 5.74) is 2.46. The summed E-state index contributed by atoms with van der Waals surface area (Å²) in [6.07, 6.45) is 17.9. The smallest absolute Gasteiger partial charge is 0.255 e. The van der Waals surface area contributed by atoms with E-state index in [-0.39, 0.29) is 22.9 Å². The number of nitrogens with one attached hydrogen (secondary N) is 1. The van der Waals surface area contributed by atoms with E-state index in [1.54, 1.807) is 18.2 Å². The van der Waals surface area contributed by atoms with Gasteiger partial charge in [-0.15, -0.1) is 28.7 Å². The molecule has 1 aliphatic rings. The highest BCUT2D eigenvalue weighted by molar-refractivity contribution is 8.93. The number of amides is 1. The summed E-state index contributed by atoms with van der Waals surface area (Å²) in [5, 5.41) is 3.62. The number of nitrogens with zero attached hydrogens (tertiary/aromatic N) is 1. The van der Waals surface area contributed by atoms with Crippen molar-refractivity contribution in [2.75, 3.05) is 17.8 Å². The third-order valence-corrected chi connectivity index (χ3v) is 8.24. The lowest BCUT2D eigenvalue weighted by molar-refractivity contribution is 0.102. The Balaban J connectivity index is 0.00000533. The minimum Gasteiger partial charge on any atom is -0.492 e. The second kappa shape index (κ2) is 19.4. The Morgan fingerprint density at radius 3 is 2.23 bits per heavy atom. The van der Waals surface area contributed by atoms with Gasteiger partial charge in [-0.25, -0.2) is 0 Å². The maximum atomic E-state index is 13.1. The Bertz CT molecular complexity index is 1030. The molecule has 4 nitrogen and oxygen atoms in total. The van der Waals surface area contributed by atoms with Crippen LogP contribution in [0.1, 0.15) is 107 Å². The summed E-state index contributed by atoms with van der Waals surface area (Å²) in [5.74, 6) is 1.35. The van der Waals surface area contributed by atoms with Crippen molar-refractivity contribution in [2.45, 2.75) is 97.4 Å². The Kier molecular flexibility index (Phi) is 16.7. The van der Waals surface area contributed by atoms with Gasteiger partial charge in [0.05, 0.1) is 17.5 Å². The monoisotopic (exact) mass is 636 g/mol. The van der Waals surface area contributed by atoms with Crippen LogP contribution >= 0.6 is 40.3 Å². The van der Waals surface area contributed by atoms with E-state index in [4.69, 9.17) is 16.3 Å². The van der Waals surface area contributed by atoms with Gasteiger partial charge in [0, 0.05) is 24.0 Å². The molecule has 0 aliphatic carbocycles. The minimum absolute atomic E-state index is 0. The molecule has 0 fully saturated rings. The standard InChI is InChI=1S/C32H45ClN2O2S.BrH/c1-3-4-5-6-7-8-9-10-11-12-13-16-21-37-31-22-27(19-20-29(31)33)32(36)34-30-18-15-14-17-28(30)24-35-23-26(2)38-25-35;/h14-15,17-20,22-23H,3-13,16,21,24-25H2,1-2H3,(H,34,36);1H. The third kappa shape index (κ3) is 12.6. The van der Waals surface area contributed by atoms with Crippen molar-refractivity contribution in [3.8, 4) is 5.75 Å². The summed E-state index contributed by atoms with van der Waals surface area (Å²) in [6.45, 7) is 5.77. The highest BCUT2D eigenvalue weighted by atomic mass is 79.9. The molecule has 216 valence electrons. The van der Waals surface area contributed by atoms with Crippen LogP contribution in [0.4, 0.5) is 5.69 Å². The topological polar surface area (TPSA) is 41.6 Å². The van der Waals surface area contributed by atoms with Crippen molar-refractivity contribution in [3.63, 3.8) is 0 Å². The van der Waals surface area contributed by atoms with Crippen molar-refractivity contribution < 1.29 is 9.53 Å². The zero-order valence-corrected chi connectivity index (χ0v) is 27.0. The van der Waals surface area contributed by atoms with Crippen molar-refractivity contribution in [2.24, 2.45) is 0 Å². The zero-order valence-electron chi connectivity index (χ0n) is 23.7. The van der Waals surface area contributed by atoms with Crippen LogP contribution in [-0.2, 0) is 6.54 Å². The number of anilines is 1. The van der Waals surface area contributed by atoms with Crippen LogP contribution in [0.25, 0.3) is 0 Å². The highest BCUT2D eigenvalue weighted by Crippen LogP contribution is 2.29. The summed E-state index contributed by atoms with van der Waals surface area (Å²) in [6, 6.07) is 13.2. The maximum Gasteiger partial charge on any atom is 0.255 e. The second-order valence-electron chi connectivity index (χ2n) is 10.3. The van der Waals surface area contributed by atoms with Gasteiger partial charge in [-0.3, -0.25) is 4.79 Å². The van der Waals surface area contributed by atoms with Gasteiger partial charge in [0.1, 0.15) is 5.75 Å². The van der Waals surface area contributed by atoms with E-state index >= 15 is 0 Å². The first-order chi connectivity index (χ1) is 18.6. The number of carbonyl (C=O) groups excluding carboxylic acids is 1. The van der Waals surface area contributed by atoms with Crippen LogP contribution < -0.4 is 10.1 Å². The number of halogens is 2. The molecule has 0 radical (unpaired) electrons. The summed E-state index contributed by atoms with van der Waals surface area (Å²) >= 11 is 8.21. The Morgan fingerprint density at radius 1 is 0.949 bits per heavy atom. The number of rotatable bonds is 18. The molecule has 2 aromatic carbocycles. The number of carbonyl (C=O) groups is 1. The first-order valence-corrected chi connectivity index (χ1v) is 15.8. The molecule has 0 saturated heterocycles. The fourth-order valence-electron chi connectivity index (χ4n) is 4.68. The molecule has 1 aliphatic heterocycles. The van der Waals surface area contributed by atoms with Gasteiger partial charge >= 0.3 is 0 Å². The predicted molar refractivity (Wildman–Crippen MR) is 175 cm³/mol. The molecule has 0 bridgehead atoms. The van der Waals surface area contributed by atoms with Crippen LogP contribution in [0, 0.1) is 0 Å². The van der Waals surface area contributed by atoms with Crippen LogP contribution in [0.5, 0.6) is 5.75 Å². The number of benzene rings is 2. The normalized spacial score (nSPS) is 12.7. The van der Waals surface area contributed by atoms with Crippen molar-refractivity contribution in [1.29, 1.82) is 0 Å². The van der Waals surface area contributed by atoms with E-state index in [1.807, 2.05) is 30.0 Å². The lowest BCUT2D eigenvalue weighted by Gasteiger charge is -2.18. The summed E-state index contributed by atoms with van der Waals surface area (Å²) in [7, 11) is 0. The van der Waals surface area contributed by atoms with Gasteiger partial charge in [-0.05, 0) is 48.1 Å². The molecule has 0 unspecified atom stereocenters. The lowest BCUT2D eigenvalue weighted by Crippen LogP contribution is -2.17. The predicted octanol–water partition coefficient (Wildman–Crippen LogP) is 10.6. The van der Waals surface area contributed by atoms with Gasteiger partial charge in [0.15, 0.2) is 0 Å². The Morgan fingerprint density at radius 2 is 1.59 bits per heavy atom. The quantitative estimate of drug-likeness (QED) is 0.165. The minimum atomic E-state index is -0.160. The largest absolute Gasteiger partial charge is 0.492 e. The highest BCUT2D eigenvalue weighted by Gasteiger charge is 2.15. The van der Waals surface area contributed by atoms with Crippen LogP contribution in [0.15, 0.2) is 53.6 Å². The molecule has 39 heavy (non-hydrogen) atoms. The maximum absolute atomic E-state index is 13.1. The van der Waals surface area contributed by atoms with Crippen LogP contribution in [0.3, 0.4) is 0 Å². The molecule has 1 heterocycles. The summed E-state index contributed by atoms with van der Waals surface area (Å²) < 4.78 is 5.96. The number of allylic oxidation sites excluding steroid dienone is 1.